The van der Waals surface area contributed by atoms with E-state index in [1.54, 1.807) is 13.1 Å². The Morgan fingerprint density at radius 1 is 1.31 bits per heavy atom. The predicted octanol–water partition coefficient (Wildman–Crippen LogP) is 2.93. The fourth-order valence-electron chi connectivity index (χ4n) is 3.89. The Morgan fingerprint density at radius 2 is 2.03 bits per heavy atom. The monoisotopic (exact) mass is 429 g/mol. The summed E-state index contributed by atoms with van der Waals surface area (Å²) >= 11 is 0. The van der Waals surface area contributed by atoms with Crippen molar-refractivity contribution in [2.75, 3.05) is 17.2 Å². The molecule has 1 fully saturated rings. The average Bonchev–Trinajstić information content (AvgIpc) is 3.41. The number of H-pyrrole nitrogens is 1. The molecule has 4 rings (SSSR count). The summed E-state index contributed by atoms with van der Waals surface area (Å²) in [6, 6.07) is 5.10. The van der Waals surface area contributed by atoms with Gasteiger partial charge in [0.05, 0.1) is 18.4 Å². The highest BCUT2D eigenvalue weighted by atomic mass is 32.2. The molecule has 0 spiro atoms. The zero-order chi connectivity index (χ0) is 21.0. The number of fused-ring (bicyclic) bond motifs is 1. The van der Waals surface area contributed by atoms with Crippen LogP contribution in [0.2, 0.25) is 0 Å². The van der Waals surface area contributed by atoms with E-state index in [2.05, 4.69) is 9.97 Å². The van der Waals surface area contributed by atoms with Crippen LogP contribution in [0.15, 0.2) is 24.4 Å². The SMILES string of the molecule is C[C@@H]1CN(S(=O)(=O)C(F)(F)F)Cc2c(C3CC3)cccc2N1Cc1cnc(N)[nH]1. The van der Waals surface area contributed by atoms with Crippen LogP contribution in [-0.4, -0.2) is 40.8 Å². The molecule has 0 unspecified atom stereocenters. The van der Waals surface area contributed by atoms with Crippen molar-refractivity contribution in [1.82, 2.24) is 14.3 Å². The van der Waals surface area contributed by atoms with Crippen molar-refractivity contribution < 1.29 is 21.6 Å². The summed E-state index contributed by atoms with van der Waals surface area (Å²) in [5.41, 5.74) is 3.31. The van der Waals surface area contributed by atoms with Crippen LogP contribution < -0.4 is 10.6 Å². The van der Waals surface area contributed by atoms with E-state index >= 15 is 0 Å². The molecule has 3 N–H and O–H groups in total. The van der Waals surface area contributed by atoms with Crippen molar-refractivity contribution in [3.8, 4) is 0 Å². The summed E-state index contributed by atoms with van der Waals surface area (Å²) in [7, 11) is -5.45. The summed E-state index contributed by atoms with van der Waals surface area (Å²) < 4.78 is 64.9. The Balaban J connectivity index is 1.79. The molecule has 0 saturated heterocycles. The second-order valence-electron chi connectivity index (χ2n) is 7.63. The van der Waals surface area contributed by atoms with Crippen LogP contribution in [0, 0.1) is 0 Å². The highest BCUT2D eigenvalue weighted by molar-refractivity contribution is 7.89. The fourth-order valence-corrected chi connectivity index (χ4v) is 4.90. The molecule has 0 radical (unpaired) electrons. The number of anilines is 2. The third kappa shape index (κ3) is 3.68. The molecule has 2 aromatic rings. The molecule has 0 amide bonds. The summed E-state index contributed by atoms with van der Waals surface area (Å²) in [5, 5.41) is 0. The number of aromatic amines is 1. The van der Waals surface area contributed by atoms with Gasteiger partial charge in [0.2, 0.25) is 0 Å². The van der Waals surface area contributed by atoms with Gasteiger partial charge in [-0.15, -0.1) is 0 Å². The molecule has 29 heavy (non-hydrogen) atoms. The average molecular weight is 429 g/mol. The quantitative estimate of drug-likeness (QED) is 0.779. The first kappa shape index (κ1) is 20.0. The summed E-state index contributed by atoms with van der Waals surface area (Å²) in [6.45, 7) is 1.48. The Bertz CT molecular complexity index is 1020. The molecule has 2 heterocycles. The number of nitrogens with zero attached hydrogens (tertiary/aromatic N) is 3. The maximum Gasteiger partial charge on any atom is 0.511 e. The summed E-state index contributed by atoms with van der Waals surface area (Å²) in [4.78, 5) is 8.81. The normalized spacial score (nSPS) is 21.1. The lowest BCUT2D eigenvalue weighted by Crippen LogP contribution is -2.45. The first-order valence-electron chi connectivity index (χ1n) is 9.32. The van der Waals surface area contributed by atoms with Crippen molar-refractivity contribution in [2.24, 2.45) is 0 Å². The van der Waals surface area contributed by atoms with Crippen LogP contribution in [0.3, 0.4) is 0 Å². The molecule has 158 valence electrons. The topological polar surface area (TPSA) is 95.3 Å². The second kappa shape index (κ2) is 6.91. The standard InChI is InChI=1S/C18H22F3N5O2S/c1-11-8-25(29(27,28)18(19,20)21)10-15-14(12-5-6-12)3-2-4-16(15)26(11)9-13-7-23-17(22)24-13/h2-4,7,11-12H,5-6,8-10H2,1H3,(H3,22,23,24)/t11-/m1/s1. The lowest BCUT2D eigenvalue weighted by Gasteiger charge is -2.31. The highest BCUT2D eigenvalue weighted by Crippen LogP contribution is 2.46. The molecular formula is C18H22F3N5O2S. The fraction of sp³-hybridized carbons (Fsp3) is 0.500. The largest absolute Gasteiger partial charge is 0.511 e. The molecular weight excluding hydrogens is 407 g/mol. The Morgan fingerprint density at radius 3 is 2.62 bits per heavy atom. The van der Waals surface area contributed by atoms with Gasteiger partial charge in [-0.2, -0.15) is 17.5 Å². The Labute approximate surface area is 166 Å². The van der Waals surface area contributed by atoms with E-state index in [0.29, 0.717) is 22.1 Å². The maximum absolute atomic E-state index is 13.3. The van der Waals surface area contributed by atoms with E-state index in [1.165, 1.54) is 0 Å². The van der Waals surface area contributed by atoms with Gasteiger partial charge in [-0.3, -0.25) is 0 Å². The van der Waals surface area contributed by atoms with E-state index in [0.717, 1.165) is 24.1 Å². The maximum atomic E-state index is 13.3. The molecule has 1 aromatic carbocycles. The van der Waals surface area contributed by atoms with Crippen LogP contribution in [0.4, 0.5) is 24.8 Å². The van der Waals surface area contributed by atoms with Gasteiger partial charge >= 0.3 is 15.5 Å². The minimum Gasteiger partial charge on any atom is -0.369 e. The van der Waals surface area contributed by atoms with Crippen LogP contribution in [0.1, 0.15) is 42.5 Å². The van der Waals surface area contributed by atoms with Crippen molar-refractivity contribution in [3.05, 3.63) is 41.2 Å². The number of nitrogens with two attached hydrogens (primary N) is 1. The zero-order valence-corrected chi connectivity index (χ0v) is 16.6. The molecule has 7 nitrogen and oxygen atoms in total. The number of benzene rings is 1. The van der Waals surface area contributed by atoms with Crippen molar-refractivity contribution >= 4 is 21.7 Å². The van der Waals surface area contributed by atoms with Gasteiger partial charge in [-0.05, 0) is 42.9 Å². The minimum absolute atomic E-state index is 0.246. The van der Waals surface area contributed by atoms with E-state index in [9.17, 15) is 21.6 Å². The van der Waals surface area contributed by atoms with Crippen molar-refractivity contribution in [1.29, 1.82) is 0 Å². The van der Waals surface area contributed by atoms with Crippen molar-refractivity contribution in [2.45, 2.75) is 50.3 Å². The number of hydrogen-bond donors (Lipinski definition) is 2. The highest BCUT2D eigenvalue weighted by Gasteiger charge is 2.51. The number of halogens is 3. The molecule has 1 aliphatic carbocycles. The number of aromatic nitrogens is 2. The number of rotatable bonds is 4. The second-order valence-corrected chi connectivity index (χ2v) is 9.56. The molecule has 0 bridgehead atoms. The van der Waals surface area contributed by atoms with Gasteiger partial charge in [0.25, 0.3) is 0 Å². The van der Waals surface area contributed by atoms with E-state index in [1.807, 2.05) is 23.1 Å². The van der Waals surface area contributed by atoms with Crippen molar-refractivity contribution in [3.63, 3.8) is 0 Å². The third-order valence-corrected chi connectivity index (χ3v) is 7.01. The number of nitrogen functional groups attached to an aromatic ring is 1. The predicted molar refractivity (Wildman–Crippen MR) is 102 cm³/mol. The molecule has 1 aromatic heterocycles. The molecule has 1 aliphatic heterocycles. The minimum atomic E-state index is -5.45. The van der Waals surface area contributed by atoms with Crippen LogP contribution in [0.25, 0.3) is 0 Å². The lowest BCUT2D eigenvalue weighted by atomic mass is 10.0. The number of alkyl halides is 3. The molecule has 1 saturated carbocycles. The van der Waals surface area contributed by atoms with Gasteiger partial charge in [-0.1, -0.05) is 12.1 Å². The number of nitrogens with one attached hydrogen (secondary N) is 1. The smallest absolute Gasteiger partial charge is 0.369 e. The summed E-state index contributed by atoms with van der Waals surface area (Å²) in [6.07, 6.45) is 3.48. The Kier molecular flexibility index (Phi) is 4.77. The van der Waals surface area contributed by atoms with E-state index < -0.39 is 21.6 Å². The number of hydrogen-bond acceptors (Lipinski definition) is 5. The molecule has 11 heteroatoms. The number of sulfonamides is 1. The van der Waals surface area contributed by atoms with Gasteiger partial charge in [0, 0.05) is 24.8 Å². The lowest BCUT2D eigenvalue weighted by molar-refractivity contribution is -0.0491. The van der Waals surface area contributed by atoms with Crippen LogP contribution >= 0.6 is 0 Å². The first-order valence-corrected chi connectivity index (χ1v) is 10.8. The van der Waals surface area contributed by atoms with Gasteiger partial charge < -0.3 is 15.6 Å². The van der Waals surface area contributed by atoms with E-state index in [4.69, 9.17) is 5.73 Å². The van der Waals surface area contributed by atoms with Gasteiger partial charge in [-0.25, -0.2) is 13.4 Å². The molecule has 2 aliphatic rings. The molecule has 1 atom stereocenters. The first-order chi connectivity index (χ1) is 13.6. The Hall–Kier alpha value is -2.27. The third-order valence-electron chi connectivity index (χ3n) is 5.47. The van der Waals surface area contributed by atoms with Gasteiger partial charge in [0.15, 0.2) is 5.95 Å². The van der Waals surface area contributed by atoms with Crippen LogP contribution in [0.5, 0.6) is 0 Å². The summed E-state index contributed by atoms with van der Waals surface area (Å²) in [5.74, 6) is 0.508. The van der Waals surface area contributed by atoms with E-state index in [-0.39, 0.29) is 25.0 Å². The van der Waals surface area contributed by atoms with Gasteiger partial charge in [0.1, 0.15) is 0 Å². The number of imidazole rings is 1. The van der Waals surface area contributed by atoms with Crippen LogP contribution in [-0.2, 0) is 23.1 Å². The zero-order valence-electron chi connectivity index (χ0n) is 15.8.